The van der Waals surface area contributed by atoms with Crippen LogP contribution >= 0.6 is 0 Å². The molecule has 0 atom stereocenters. The average Bonchev–Trinajstić information content (AvgIpc) is 2.42. The first kappa shape index (κ1) is 4.46. The van der Waals surface area contributed by atoms with Gasteiger partial charge in [-0.05, 0) is 31.4 Å². The Bertz CT molecular complexity index is 128. The van der Waals surface area contributed by atoms with E-state index in [4.69, 9.17) is 0 Å². The molecule has 0 unspecified atom stereocenters. The predicted octanol–water partition coefficient (Wildman–Crippen LogP) is 1.89. The molecule has 0 aromatic heterocycles. The van der Waals surface area contributed by atoms with E-state index in [2.05, 4.69) is 18.0 Å². The van der Waals surface area contributed by atoms with Crippen LogP contribution in [-0.4, -0.2) is 0 Å². The lowest BCUT2D eigenvalue weighted by Gasteiger charge is -1.64. The monoisotopic (exact) mass is 92.1 g/mol. The zero-order valence-corrected chi connectivity index (χ0v) is 4.28. The summed E-state index contributed by atoms with van der Waals surface area (Å²) in [4.78, 5) is 0. The molecule has 0 aromatic rings. The molecular formula is C7H8. The quantitative estimate of drug-likeness (QED) is 0.433. The molecule has 0 aliphatic heterocycles. The van der Waals surface area contributed by atoms with E-state index in [1.807, 2.05) is 6.08 Å². The summed E-state index contributed by atoms with van der Waals surface area (Å²) in [6.07, 6.45) is 4.72. The van der Waals surface area contributed by atoms with Crippen molar-refractivity contribution >= 4 is 0 Å². The van der Waals surface area contributed by atoms with Gasteiger partial charge in [-0.3, -0.25) is 0 Å². The van der Waals surface area contributed by atoms with Crippen LogP contribution in [0.3, 0.4) is 0 Å². The van der Waals surface area contributed by atoms with Gasteiger partial charge < -0.3 is 0 Å². The summed E-state index contributed by atoms with van der Waals surface area (Å²) in [5.74, 6) is 0.814. The van der Waals surface area contributed by atoms with Crippen molar-refractivity contribution in [1.82, 2.24) is 0 Å². The molecule has 7 heavy (non-hydrogen) atoms. The van der Waals surface area contributed by atoms with Crippen molar-refractivity contribution in [2.24, 2.45) is 5.92 Å². The van der Waals surface area contributed by atoms with Crippen molar-refractivity contribution in [3.8, 4) is 0 Å². The molecule has 0 heterocycles. The van der Waals surface area contributed by atoms with E-state index in [0.29, 0.717) is 0 Å². The summed E-state index contributed by atoms with van der Waals surface area (Å²) in [6, 6.07) is 0. The van der Waals surface area contributed by atoms with E-state index in [9.17, 15) is 0 Å². The molecule has 0 saturated heterocycles. The van der Waals surface area contributed by atoms with E-state index in [-0.39, 0.29) is 0 Å². The van der Waals surface area contributed by atoms with Crippen LogP contribution in [-0.2, 0) is 0 Å². The molecule has 0 bridgehead atoms. The third-order valence-corrected chi connectivity index (χ3v) is 1.04. The van der Waals surface area contributed by atoms with Crippen LogP contribution in [0.5, 0.6) is 0 Å². The average molecular weight is 92.1 g/mol. The van der Waals surface area contributed by atoms with E-state index in [0.717, 1.165) is 5.92 Å². The molecule has 0 nitrogen and oxygen atoms in total. The molecule has 0 spiro atoms. The van der Waals surface area contributed by atoms with Crippen LogP contribution in [0.2, 0.25) is 0 Å². The third kappa shape index (κ3) is 1.45. The Balaban J connectivity index is 2.45. The highest BCUT2D eigenvalue weighted by Crippen LogP contribution is 2.29. The first-order valence-electron chi connectivity index (χ1n) is 2.54. The number of allylic oxidation sites excluding steroid dienone is 1. The molecular weight excluding hydrogens is 84.1 g/mol. The van der Waals surface area contributed by atoms with Crippen LogP contribution < -0.4 is 0 Å². The van der Waals surface area contributed by atoms with Crippen molar-refractivity contribution in [2.75, 3.05) is 0 Å². The van der Waals surface area contributed by atoms with Crippen LogP contribution in [0, 0.1) is 5.92 Å². The van der Waals surface area contributed by atoms with Gasteiger partial charge in [-0.2, -0.15) is 0 Å². The maximum atomic E-state index is 3.39. The molecule has 1 rings (SSSR count). The Morgan fingerprint density at radius 1 is 1.57 bits per heavy atom. The van der Waals surface area contributed by atoms with Crippen molar-refractivity contribution in [1.29, 1.82) is 0 Å². The summed E-state index contributed by atoms with van der Waals surface area (Å²) in [7, 11) is 0. The third-order valence-electron chi connectivity index (χ3n) is 1.04. The maximum absolute atomic E-state index is 3.39. The van der Waals surface area contributed by atoms with E-state index in [1.165, 1.54) is 12.8 Å². The zero-order chi connectivity index (χ0) is 5.11. The van der Waals surface area contributed by atoms with E-state index < -0.39 is 0 Å². The zero-order valence-electron chi connectivity index (χ0n) is 4.28. The second kappa shape index (κ2) is 1.84. The van der Waals surface area contributed by atoms with Crippen molar-refractivity contribution in [2.45, 2.75) is 12.8 Å². The first-order valence-corrected chi connectivity index (χ1v) is 2.54. The van der Waals surface area contributed by atoms with Gasteiger partial charge in [-0.1, -0.05) is 11.5 Å². The lowest BCUT2D eigenvalue weighted by Crippen LogP contribution is -1.52. The minimum absolute atomic E-state index is 0.814. The fraction of sp³-hybridized carbons (Fsp3) is 0.429. The number of hydrogen-bond acceptors (Lipinski definition) is 0. The number of hydrogen-bond donors (Lipinski definition) is 0. The summed E-state index contributed by atoms with van der Waals surface area (Å²) < 4.78 is 0. The van der Waals surface area contributed by atoms with Crippen LogP contribution in [0.15, 0.2) is 24.1 Å². The predicted molar refractivity (Wildman–Crippen MR) is 29.9 cm³/mol. The van der Waals surface area contributed by atoms with E-state index in [1.54, 1.807) is 0 Å². The van der Waals surface area contributed by atoms with Crippen molar-refractivity contribution in [3.63, 3.8) is 0 Å². The minimum Gasteiger partial charge on any atom is -0.0785 e. The summed E-state index contributed by atoms with van der Waals surface area (Å²) in [5, 5.41) is 0. The molecule has 1 aliphatic carbocycles. The van der Waals surface area contributed by atoms with Crippen LogP contribution in [0.25, 0.3) is 0 Å². The van der Waals surface area contributed by atoms with Crippen LogP contribution in [0.4, 0.5) is 0 Å². The normalized spacial score (nSPS) is 17.1. The van der Waals surface area contributed by atoms with Gasteiger partial charge in [-0.15, -0.1) is 0 Å². The summed E-state index contributed by atoms with van der Waals surface area (Å²) in [6.45, 7) is 3.39. The summed E-state index contributed by atoms with van der Waals surface area (Å²) >= 11 is 0. The Morgan fingerprint density at radius 3 is 2.71 bits per heavy atom. The molecule has 1 fully saturated rings. The molecule has 1 saturated carbocycles. The lowest BCUT2D eigenvalue weighted by atomic mass is 10.4. The molecule has 0 aromatic carbocycles. The Hall–Kier alpha value is -0.700. The number of rotatable bonds is 1. The highest BCUT2D eigenvalue weighted by molar-refractivity contribution is 4.94. The molecule has 0 N–H and O–H groups in total. The standard InChI is InChI=1S/C7H8/c1-2-3-4-7-5-6-7/h4,7H,1,5-6H2. The van der Waals surface area contributed by atoms with Crippen molar-refractivity contribution < 1.29 is 0 Å². The van der Waals surface area contributed by atoms with Gasteiger partial charge in [0, 0.05) is 0 Å². The fourth-order valence-corrected chi connectivity index (χ4v) is 0.440. The molecule has 36 valence electrons. The smallest absolute Gasteiger partial charge is 0.0151 e. The summed E-state index contributed by atoms with van der Waals surface area (Å²) in [5.41, 5.74) is 5.41. The van der Waals surface area contributed by atoms with Gasteiger partial charge in [0.05, 0.1) is 0 Å². The second-order valence-electron chi connectivity index (χ2n) is 1.83. The largest absolute Gasteiger partial charge is 0.0785 e. The topological polar surface area (TPSA) is 0 Å². The lowest BCUT2D eigenvalue weighted by molar-refractivity contribution is 1.13. The van der Waals surface area contributed by atoms with Crippen LogP contribution in [0.1, 0.15) is 12.8 Å². The first-order chi connectivity index (χ1) is 3.43. The van der Waals surface area contributed by atoms with E-state index >= 15 is 0 Å². The second-order valence-corrected chi connectivity index (χ2v) is 1.83. The highest BCUT2D eigenvalue weighted by atomic mass is 14.2. The van der Waals surface area contributed by atoms with Gasteiger partial charge in [-0.25, -0.2) is 0 Å². The highest BCUT2D eigenvalue weighted by Gasteiger charge is 2.16. The van der Waals surface area contributed by atoms with Crippen molar-refractivity contribution in [3.05, 3.63) is 24.1 Å². The Kier molecular flexibility index (Phi) is 1.17. The molecule has 0 amide bonds. The van der Waals surface area contributed by atoms with Gasteiger partial charge in [0.15, 0.2) is 0 Å². The van der Waals surface area contributed by atoms with Gasteiger partial charge >= 0.3 is 0 Å². The molecule has 0 radical (unpaired) electrons. The van der Waals surface area contributed by atoms with Gasteiger partial charge in [0.1, 0.15) is 0 Å². The maximum Gasteiger partial charge on any atom is -0.0151 e. The molecule has 0 heteroatoms. The Labute approximate surface area is 43.9 Å². The molecule has 1 aliphatic rings. The van der Waals surface area contributed by atoms with Gasteiger partial charge in [0.2, 0.25) is 0 Å². The fourth-order valence-electron chi connectivity index (χ4n) is 0.440. The van der Waals surface area contributed by atoms with Gasteiger partial charge in [0.25, 0.3) is 0 Å². The SMILES string of the molecule is C=C=C=CC1CC1. The Morgan fingerprint density at radius 2 is 2.29 bits per heavy atom. The minimum atomic E-state index is 0.814.